The zero-order chi connectivity index (χ0) is 15.7. The maximum Gasteiger partial charge on any atom is 0.277 e. The number of aromatic nitrogens is 4. The monoisotopic (exact) mass is 317 g/mol. The Balaban J connectivity index is 1.83. The van der Waals surface area contributed by atoms with Crippen molar-refractivity contribution in [2.24, 2.45) is 0 Å². The fourth-order valence-corrected chi connectivity index (χ4v) is 2.78. The molecule has 0 saturated heterocycles. The second kappa shape index (κ2) is 5.60. The van der Waals surface area contributed by atoms with E-state index in [1.165, 1.54) is 24.2 Å². The number of aromatic amines is 2. The van der Waals surface area contributed by atoms with Crippen molar-refractivity contribution in [2.75, 3.05) is 0 Å². The van der Waals surface area contributed by atoms with Gasteiger partial charge in [-0.3, -0.25) is 19.9 Å². The van der Waals surface area contributed by atoms with Crippen LogP contribution in [0.2, 0.25) is 0 Å². The van der Waals surface area contributed by atoms with Crippen molar-refractivity contribution in [3.05, 3.63) is 56.1 Å². The summed E-state index contributed by atoms with van der Waals surface area (Å²) in [6.45, 7) is 1.69. The van der Waals surface area contributed by atoms with Gasteiger partial charge in [0.2, 0.25) is 0 Å². The highest BCUT2D eigenvalue weighted by Crippen LogP contribution is 2.24. The predicted molar refractivity (Wildman–Crippen MR) is 81.9 cm³/mol. The first kappa shape index (κ1) is 14.3. The molecule has 8 nitrogen and oxygen atoms in total. The van der Waals surface area contributed by atoms with Gasteiger partial charge < -0.3 is 4.98 Å². The van der Waals surface area contributed by atoms with Crippen LogP contribution in [0.25, 0.3) is 11.2 Å². The van der Waals surface area contributed by atoms with Crippen LogP contribution in [0.5, 0.6) is 0 Å². The molecule has 0 aliphatic rings. The fourth-order valence-electron chi connectivity index (χ4n) is 1.98. The molecule has 2 heterocycles. The number of imidazole rings is 1. The maximum absolute atomic E-state index is 11.8. The zero-order valence-corrected chi connectivity index (χ0v) is 12.3. The molecule has 3 aromatic rings. The highest BCUT2D eigenvalue weighted by Gasteiger charge is 2.12. The van der Waals surface area contributed by atoms with Crippen molar-refractivity contribution in [2.45, 2.75) is 17.8 Å². The molecular weight excluding hydrogens is 306 g/mol. The molecule has 0 aliphatic carbocycles. The van der Waals surface area contributed by atoms with Crippen molar-refractivity contribution in [3.63, 3.8) is 0 Å². The molecule has 0 aliphatic heterocycles. The first-order chi connectivity index (χ1) is 10.5. The Morgan fingerprint density at radius 1 is 1.41 bits per heavy atom. The number of nitro benzene ring substituents is 1. The molecule has 0 radical (unpaired) electrons. The van der Waals surface area contributed by atoms with Crippen LogP contribution in [0.1, 0.15) is 11.1 Å². The summed E-state index contributed by atoms with van der Waals surface area (Å²) >= 11 is 1.29. The lowest BCUT2D eigenvalue weighted by atomic mass is 10.1. The van der Waals surface area contributed by atoms with Crippen LogP contribution in [-0.4, -0.2) is 24.9 Å². The van der Waals surface area contributed by atoms with Gasteiger partial charge in [0.05, 0.1) is 11.3 Å². The van der Waals surface area contributed by atoms with E-state index < -0.39 is 4.92 Å². The van der Waals surface area contributed by atoms with Crippen molar-refractivity contribution in [3.8, 4) is 0 Å². The number of thioether (sulfide) groups is 1. The van der Waals surface area contributed by atoms with Gasteiger partial charge in [0.1, 0.15) is 0 Å². The van der Waals surface area contributed by atoms with Crippen LogP contribution in [0.4, 0.5) is 5.69 Å². The minimum absolute atomic E-state index is 0.0855. The normalized spacial score (nSPS) is 11.0. The van der Waals surface area contributed by atoms with Gasteiger partial charge in [-0.2, -0.15) is 0 Å². The summed E-state index contributed by atoms with van der Waals surface area (Å²) in [5.74, 6) is 0.458. The third-order valence-corrected chi connectivity index (χ3v) is 4.06. The molecule has 2 aromatic heterocycles. The number of rotatable bonds is 4. The van der Waals surface area contributed by atoms with Crippen molar-refractivity contribution in [1.29, 1.82) is 0 Å². The summed E-state index contributed by atoms with van der Waals surface area (Å²) in [4.78, 5) is 35.9. The molecule has 9 heteroatoms. The summed E-state index contributed by atoms with van der Waals surface area (Å²) in [6, 6.07) is 5.06. The van der Waals surface area contributed by atoms with Crippen molar-refractivity contribution < 1.29 is 4.92 Å². The Labute approximate surface area is 128 Å². The van der Waals surface area contributed by atoms with E-state index in [0.717, 1.165) is 5.56 Å². The molecule has 112 valence electrons. The van der Waals surface area contributed by atoms with E-state index in [0.29, 0.717) is 27.6 Å². The van der Waals surface area contributed by atoms with Gasteiger partial charge in [-0.25, -0.2) is 9.97 Å². The van der Waals surface area contributed by atoms with Crippen LogP contribution < -0.4 is 5.56 Å². The second-order valence-electron chi connectivity index (χ2n) is 4.64. The van der Waals surface area contributed by atoms with E-state index in [-0.39, 0.29) is 11.2 Å². The lowest BCUT2D eigenvalue weighted by molar-refractivity contribution is -0.385. The predicted octanol–water partition coefficient (Wildman–Crippen LogP) is 2.16. The van der Waals surface area contributed by atoms with E-state index in [9.17, 15) is 14.9 Å². The van der Waals surface area contributed by atoms with E-state index in [1.54, 1.807) is 13.0 Å². The topological polar surface area (TPSA) is 118 Å². The van der Waals surface area contributed by atoms with Gasteiger partial charge in [0.25, 0.3) is 11.2 Å². The first-order valence-corrected chi connectivity index (χ1v) is 7.33. The number of hydrogen-bond donors (Lipinski definition) is 2. The Morgan fingerprint density at radius 3 is 3.00 bits per heavy atom. The quantitative estimate of drug-likeness (QED) is 0.329. The maximum atomic E-state index is 11.8. The third kappa shape index (κ3) is 2.70. The summed E-state index contributed by atoms with van der Waals surface area (Å²) < 4.78 is 0. The van der Waals surface area contributed by atoms with Gasteiger partial charge in [0.15, 0.2) is 16.3 Å². The zero-order valence-electron chi connectivity index (χ0n) is 11.5. The number of nitro groups is 1. The van der Waals surface area contributed by atoms with Crippen LogP contribution in [0.15, 0.2) is 34.5 Å². The molecule has 0 atom stereocenters. The Kier molecular flexibility index (Phi) is 3.63. The Bertz CT molecular complexity index is 917. The molecule has 22 heavy (non-hydrogen) atoms. The van der Waals surface area contributed by atoms with Crippen LogP contribution in [0, 0.1) is 17.0 Å². The molecule has 1 aromatic carbocycles. The lowest BCUT2D eigenvalue weighted by Crippen LogP contribution is -2.09. The van der Waals surface area contributed by atoms with Gasteiger partial charge in [-0.05, 0) is 12.5 Å². The summed E-state index contributed by atoms with van der Waals surface area (Å²) in [5, 5.41) is 11.4. The number of aryl methyl sites for hydroxylation is 1. The van der Waals surface area contributed by atoms with Gasteiger partial charge in [-0.15, -0.1) is 0 Å². The van der Waals surface area contributed by atoms with E-state index >= 15 is 0 Å². The molecule has 0 spiro atoms. The highest BCUT2D eigenvalue weighted by atomic mass is 32.2. The number of fused-ring (bicyclic) bond motifs is 1. The number of nitrogens with one attached hydrogen (secondary N) is 2. The van der Waals surface area contributed by atoms with Crippen molar-refractivity contribution in [1.82, 2.24) is 19.9 Å². The van der Waals surface area contributed by atoms with Gasteiger partial charge in [0, 0.05) is 17.4 Å². The number of hydrogen-bond acceptors (Lipinski definition) is 6. The molecule has 0 amide bonds. The number of H-pyrrole nitrogens is 2. The second-order valence-corrected chi connectivity index (χ2v) is 5.60. The van der Waals surface area contributed by atoms with E-state index in [4.69, 9.17) is 0 Å². The Hall–Kier alpha value is -2.68. The van der Waals surface area contributed by atoms with Gasteiger partial charge in [-0.1, -0.05) is 23.9 Å². The standard InChI is InChI=1S/C13H11N5O3S/c1-7-2-3-8(4-9(7)18(20)21)5-22-13-16-11-10(12(19)17-13)14-6-15-11/h2-4,6H,5H2,1H3,(H2,14,15,16,17,19). The Morgan fingerprint density at radius 2 is 2.23 bits per heavy atom. The smallest absolute Gasteiger partial charge is 0.277 e. The molecular formula is C13H11N5O3S. The average molecular weight is 317 g/mol. The molecule has 0 saturated carbocycles. The SMILES string of the molecule is Cc1ccc(CSc2nc3nc[nH]c3c(=O)[nH]2)cc1[N+](=O)[O-]. The first-order valence-electron chi connectivity index (χ1n) is 6.34. The highest BCUT2D eigenvalue weighted by molar-refractivity contribution is 7.98. The lowest BCUT2D eigenvalue weighted by Gasteiger charge is -2.03. The summed E-state index contributed by atoms with van der Waals surface area (Å²) in [5.41, 5.74) is 1.87. The van der Waals surface area contributed by atoms with E-state index in [2.05, 4.69) is 19.9 Å². The van der Waals surface area contributed by atoms with Crippen LogP contribution >= 0.6 is 11.8 Å². The molecule has 0 unspecified atom stereocenters. The minimum Gasteiger partial charge on any atom is -0.339 e. The molecule has 2 N–H and O–H groups in total. The number of benzene rings is 1. The van der Waals surface area contributed by atoms with Crippen LogP contribution in [-0.2, 0) is 5.75 Å². The number of nitrogens with zero attached hydrogens (tertiary/aromatic N) is 3. The molecule has 3 rings (SSSR count). The largest absolute Gasteiger partial charge is 0.339 e. The molecule has 0 bridgehead atoms. The summed E-state index contributed by atoms with van der Waals surface area (Å²) in [6.07, 6.45) is 1.41. The van der Waals surface area contributed by atoms with E-state index in [1.807, 2.05) is 6.07 Å². The average Bonchev–Trinajstić information content (AvgIpc) is 2.95. The third-order valence-electron chi connectivity index (χ3n) is 3.12. The fraction of sp³-hybridized carbons (Fsp3) is 0.154. The van der Waals surface area contributed by atoms with Crippen LogP contribution in [0.3, 0.4) is 0 Å². The van der Waals surface area contributed by atoms with Gasteiger partial charge >= 0.3 is 0 Å². The summed E-state index contributed by atoms with van der Waals surface area (Å²) in [7, 11) is 0. The minimum atomic E-state index is -0.403. The molecule has 0 fully saturated rings. The van der Waals surface area contributed by atoms with Crippen molar-refractivity contribution >= 4 is 28.6 Å².